The molecule has 0 aliphatic carbocycles. The molecule has 2 heterocycles. The van der Waals surface area contributed by atoms with Gasteiger partial charge in [0.05, 0.1) is 6.54 Å². The Kier molecular flexibility index (Phi) is 4.86. The molecule has 5 nitrogen and oxygen atoms in total. The first-order chi connectivity index (χ1) is 12.7. The number of hydrogen-bond acceptors (Lipinski definition) is 5. The summed E-state index contributed by atoms with van der Waals surface area (Å²) in [6.45, 7) is 4.15. The summed E-state index contributed by atoms with van der Waals surface area (Å²) in [6.07, 6.45) is 0. The molecular formula is C19H18ClFN4O. The molecule has 0 N–H and O–H groups in total. The standard InChI is InChI=1S/C19H18ClFN4O/c20-15-3-1-14(2-4-15)19-22-18(26-23-19)13-24-9-11-25(12-10-24)17-7-5-16(21)6-8-17/h1-8H,9-13H2. The Hall–Kier alpha value is -2.44. The van der Waals surface area contributed by atoms with E-state index in [0.717, 1.165) is 37.4 Å². The average Bonchev–Trinajstić information content (AvgIpc) is 3.12. The topological polar surface area (TPSA) is 45.4 Å². The van der Waals surface area contributed by atoms with Crippen LogP contribution < -0.4 is 4.90 Å². The lowest BCUT2D eigenvalue weighted by molar-refractivity contribution is 0.215. The molecule has 1 aromatic heterocycles. The van der Waals surface area contributed by atoms with E-state index in [1.54, 1.807) is 0 Å². The van der Waals surface area contributed by atoms with Crippen molar-refractivity contribution in [3.8, 4) is 11.4 Å². The molecular weight excluding hydrogens is 355 g/mol. The summed E-state index contributed by atoms with van der Waals surface area (Å²) in [6, 6.07) is 14.0. The minimum Gasteiger partial charge on any atom is -0.369 e. The second kappa shape index (κ2) is 7.43. The van der Waals surface area contributed by atoms with E-state index >= 15 is 0 Å². The van der Waals surface area contributed by atoms with Gasteiger partial charge in [-0.15, -0.1) is 0 Å². The number of benzene rings is 2. The van der Waals surface area contributed by atoms with E-state index in [9.17, 15) is 4.39 Å². The van der Waals surface area contributed by atoms with Gasteiger partial charge in [0.15, 0.2) is 0 Å². The summed E-state index contributed by atoms with van der Waals surface area (Å²) in [4.78, 5) is 9.00. The molecule has 1 aliphatic rings. The third-order valence-electron chi connectivity index (χ3n) is 4.49. The number of halogens is 2. The van der Waals surface area contributed by atoms with Gasteiger partial charge in [-0.05, 0) is 48.5 Å². The number of anilines is 1. The monoisotopic (exact) mass is 372 g/mol. The van der Waals surface area contributed by atoms with Crippen LogP contribution in [0.4, 0.5) is 10.1 Å². The van der Waals surface area contributed by atoms with Gasteiger partial charge in [-0.1, -0.05) is 16.8 Å². The zero-order valence-corrected chi connectivity index (χ0v) is 14.9. The number of hydrogen-bond donors (Lipinski definition) is 0. The second-order valence-electron chi connectivity index (χ2n) is 6.26. The first-order valence-electron chi connectivity index (χ1n) is 8.49. The fourth-order valence-electron chi connectivity index (χ4n) is 3.04. The number of piperazine rings is 1. The minimum atomic E-state index is -0.208. The van der Waals surface area contributed by atoms with E-state index in [-0.39, 0.29) is 5.82 Å². The number of aromatic nitrogens is 2. The fraction of sp³-hybridized carbons (Fsp3) is 0.263. The quantitative estimate of drug-likeness (QED) is 0.696. The molecule has 0 unspecified atom stereocenters. The maximum absolute atomic E-state index is 13.0. The van der Waals surface area contributed by atoms with Gasteiger partial charge in [0.25, 0.3) is 0 Å². The normalized spacial score (nSPS) is 15.4. The summed E-state index contributed by atoms with van der Waals surface area (Å²) in [7, 11) is 0. The summed E-state index contributed by atoms with van der Waals surface area (Å²) < 4.78 is 18.4. The van der Waals surface area contributed by atoms with Crippen molar-refractivity contribution in [2.75, 3.05) is 31.1 Å². The maximum Gasteiger partial charge on any atom is 0.241 e. The summed E-state index contributed by atoms with van der Waals surface area (Å²) in [5, 5.41) is 4.73. The van der Waals surface area contributed by atoms with Crippen LogP contribution in [0.25, 0.3) is 11.4 Å². The first kappa shape index (κ1) is 17.0. The first-order valence-corrected chi connectivity index (χ1v) is 8.86. The van der Waals surface area contributed by atoms with Crippen molar-refractivity contribution in [3.63, 3.8) is 0 Å². The molecule has 0 saturated carbocycles. The Labute approximate surface area is 156 Å². The lowest BCUT2D eigenvalue weighted by Gasteiger charge is -2.35. The molecule has 1 aliphatic heterocycles. The van der Waals surface area contributed by atoms with Gasteiger partial charge in [-0.25, -0.2) is 4.39 Å². The Morgan fingerprint density at radius 3 is 2.35 bits per heavy atom. The SMILES string of the molecule is Fc1ccc(N2CCN(Cc3nc(-c4ccc(Cl)cc4)no3)CC2)cc1. The molecule has 0 bridgehead atoms. The third kappa shape index (κ3) is 3.86. The van der Waals surface area contributed by atoms with Crippen LogP contribution in [0, 0.1) is 5.82 Å². The molecule has 1 saturated heterocycles. The van der Waals surface area contributed by atoms with Gasteiger partial charge in [-0.3, -0.25) is 4.90 Å². The van der Waals surface area contributed by atoms with Crippen LogP contribution >= 0.6 is 11.6 Å². The minimum absolute atomic E-state index is 0.208. The number of nitrogens with zero attached hydrogens (tertiary/aromatic N) is 4. The summed E-state index contributed by atoms with van der Waals surface area (Å²) in [5.74, 6) is 0.965. The highest BCUT2D eigenvalue weighted by molar-refractivity contribution is 6.30. The summed E-state index contributed by atoms with van der Waals surface area (Å²) in [5.41, 5.74) is 1.93. The van der Waals surface area contributed by atoms with Crippen LogP contribution in [0.15, 0.2) is 53.1 Å². The van der Waals surface area contributed by atoms with Crippen LogP contribution in [0.2, 0.25) is 5.02 Å². The molecule has 1 fully saturated rings. The van der Waals surface area contributed by atoms with Gasteiger partial charge >= 0.3 is 0 Å². The average molecular weight is 373 g/mol. The van der Waals surface area contributed by atoms with Crippen LogP contribution in [0.5, 0.6) is 0 Å². The van der Waals surface area contributed by atoms with Crippen LogP contribution in [-0.2, 0) is 6.54 Å². The van der Waals surface area contributed by atoms with Crippen molar-refractivity contribution in [2.24, 2.45) is 0 Å². The van der Waals surface area contributed by atoms with Gasteiger partial charge in [0.2, 0.25) is 11.7 Å². The predicted octanol–water partition coefficient (Wildman–Crippen LogP) is 3.85. The second-order valence-corrected chi connectivity index (χ2v) is 6.69. The molecule has 0 amide bonds. The molecule has 0 atom stereocenters. The van der Waals surface area contributed by atoms with E-state index in [1.165, 1.54) is 12.1 Å². The molecule has 7 heteroatoms. The van der Waals surface area contributed by atoms with Crippen molar-refractivity contribution < 1.29 is 8.91 Å². The zero-order chi connectivity index (χ0) is 17.9. The molecule has 0 spiro atoms. The highest BCUT2D eigenvalue weighted by atomic mass is 35.5. The molecule has 134 valence electrons. The van der Waals surface area contributed by atoms with Crippen molar-refractivity contribution in [1.82, 2.24) is 15.0 Å². The number of rotatable bonds is 4. The van der Waals surface area contributed by atoms with E-state index in [4.69, 9.17) is 16.1 Å². The Bertz CT molecular complexity index is 858. The predicted molar refractivity (Wildman–Crippen MR) is 98.6 cm³/mol. The molecule has 4 rings (SSSR count). The van der Waals surface area contributed by atoms with E-state index in [1.807, 2.05) is 36.4 Å². The molecule has 0 radical (unpaired) electrons. The van der Waals surface area contributed by atoms with Gasteiger partial charge in [0, 0.05) is 42.5 Å². The molecule has 26 heavy (non-hydrogen) atoms. The Balaban J connectivity index is 1.34. The highest BCUT2D eigenvalue weighted by Crippen LogP contribution is 2.20. The Morgan fingerprint density at radius 1 is 0.962 bits per heavy atom. The van der Waals surface area contributed by atoms with E-state index in [2.05, 4.69) is 19.9 Å². The van der Waals surface area contributed by atoms with Crippen molar-refractivity contribution >= 4 is 17.3 Å². The van der Waals surface area contributed by atoms with Gasteiger partial charge in [-0.2, -0.15) is 4.98 Å². The van der Waals surface area contributed by atoms with Crippen molar-refractivity contribution in [2.45, 2.75) is 6.54 Å². The van der Waals surface area contributed by atoms with Crippen LogP contribution in [0.3, 0.4) is 0 Å². The zero-order valence-electron chi connectivity index (χ0n) is 14.1. The van der Waals surface area contributed by atoms with Crippen molar-refractivity contribution in [1.29, 1.82) is 0 Å². The van der Waals surface area contributed by atoms with E-state index < -0.39 is 0 Å². The van der Waals surface area contributed by atoms with Crippen molar-refractivity contribution in [3.05, 3.63) is 65.3 Å². The smallest absolute Gasteiger partial charge is 0.241 e. The highest BCUT2D eigenvalue weighted by Gasteiger charge is 2.19. The maximum atomic E-state index is 13.0. The summed E-state index contributed by atoms with van der Waals surface area (Å²) >= 11 is 5.90. The van der Waals surface area contributed by atoms with Crippen LogP contribution in [0.1, 0.15) is 5.89 Å². The fourth-order valence-corrected chi connectivity index (χ4v) is 3.17. The van der Waals surface area contributed by atoms with E-state index in [0.29, 0.717) is 23.3 Å². The lowest BCUT2D eigenvalue weighted by atomic mass is 10.2. The third-order valence-corrected chi connectivity index (χ3v) is 4.75. The van der Waals surface area contributed by atoms with Crippen LogP contribution in [-0.4, -0.2) is 41.2 Å². The Morgan fingerprint density at radius 2 is 1.65 bits per heavy atom. The largest absolute Gasteiger partial charge is 0.369 e. The molecule has 2 aromatic carbocycles. The lowest BCUT2D eigenvalue weighted by Crippen LogP contribution is -2.46. The van der Waals surface area contributed by atoms with Gasteiger partial charge < -0.3 is 9.42 Å². The van der Waals surface area contributed by atoms with Gasteiger partial charge in [0.1, 0.15) is 5.82 Å². The molecule has 3 aromatic rings.